The third-order valence-corrected chi connectivity index (χ3v) is 9.13. The first kappa shape index (κ1) is 23.3. The van der Waals surface area contributed by atoms with Gasteiger partial charge in [-0.15, -0.1) is 0 Å². The summed E-state index contributed by atoms with van der Waals surface area (Å²) in [5, 5.41) is 0. The Morgan fingerprint density at radius 1 is 0.906 bits per heavy atom. The number of sulfone groups is 1. The summed E-state index contributed by atoms with van der Waals surface area (Å²) >= 11 is 0. The fraction of sp³-hybridized carbons (Fsp3) is 0.538. The highest BCUT2D eigenvalue weighted by molar-refractivity contribution is 7.91. The molecule has 2 fully saturated rings. The molecule has 0 bridgehead atoms. The Labute approximate surface area is 193 Å². The van der Waals surface area contributed by atoms with Gasteiger partial charge in [0.15, 0.2) is 0 Å². The molecule has 2 unspecified atom stereocenters. The second kappa shape index (κ2) is 9.94. The molecule has 0 amide bonds. The minimum absolute atomic E-state index is 0.260. The maximum Gasteiger partial charge on any atom is 0.206 e. The Morgan fingerprint density at radius 3 is 2.06 bits per heavy atom. The summed E-state index contributed by atoms with van der Waals surface area (Å²) in [5.74, 6) is 0.644. The highest BCUT2D eigenvalue weighted by atomic mass is 32.2. The lowest BCUT2D eigenvalue weighted by molar-refractivity contribution is 0.0225. The van der Waals surface area contributed by atoms with E-state index in [1.807, 2.05) is 12.1 Å². The summed E-state index contributed by atoms with van der Waals surface area (Å²) in [7, 11) is -1.97. The fourth-order valence-corrected chi connectivity index (χ4v) is 6.62. The normalized spacial score (nSPS) is 22.5. The first-order valence-electron chi connectivity index (χ1n) is 11.9. The van der Waals surface area contributed by atoms with Crippen molar-refractivity contribution < 1.29 is 13.2 Å². The molecule has 2 atom stereocenters. The SMILES string of the molecule is COc1ccc(S(=O)(=O)c2ccc(C(C)N3CCN(C4CCCCC4)CC3C)cc2)cc1. The monoisotopic (exact) mass is 456 g/mol. The molecule has 5 nitrogen and oxygen atoms in total. The van der Waals surface area contributed by atoms with Crippen molar-refractivity contribution in [2.45, 2.75) is 73.9 Å². The molecule has 4 rings (SSSR count). The number of hydrogen-bond acceptors (Lipinski definition) is 5. The molecule has 2 aliphatic rings. The van der Waals surface area contributed by atoms with E-state index < -0.39 is 9.84 Å². The van der Waals surface area contributed by atoms with Gasteiger partial charge >= 0.3 is 0 Å². The number of piperazine rings is 1. The van der Waals surface area contributed by atoms with Crippen molar-refractivity contribution in [2.24, 2.45) is 0 Å². The van der Waals surface area contributed by atoms with Gasteiger partial charge < -0.3 is 4.74 Å². The van der Waals surface area contributed by atoms with Crippen LogP contribution in [-0.2, 0) is 9.84 Å². The van der Waals surface area contributed by atoms with Crippen molar-refractivity contribution in [3.63, 3.8) is 0 Å². The summed E-state index contributed by atoms with van der Waals surface area (Å²) in [5.41, 5.74) is 1.16. The van der Waals surface area contributed by atoms with E-state index in [0.717, 1.165) is 31.2 Å². The highest BCUT2D eigenvalue weighted by Crippen LogP contribution is 2.30. The Hall–Kier alpha value is -1.89. The summed E-state index contributed by atoms with van der Waals surface area (Å²) in [6, 6.07) is 15.5. The van der Waals surface area contributed by atoms with Crippen LogP contribution in [0.15, 0.2) is 58.3 Å². The van der Waals surface area contributed by atoms with Crippen LogP contribution < -0.4 is 4.74 Å². The van der Waals surface area contributed by atoms with Crippen molar-refractivity contribution in [3.05, 3.63) is 54.1 Å². The van der Waals surface area contributed by atoms with Crippen LogP contribution in [0.2, 0.25) is 0 Å². The predicted molar refractivity (Wildman–Crippen MR) is 128 cm³/mol. The van der Waals surface area contributed by atoms with Gasteiger partial charge in [-0.3, -0.25) is 9.80 Å². The van der Waals surface area contributed by atoms with Gasteiger partial charge in [0.1, 0.15) is 5.75 Å². The smallest absolute Gasteiger partial charge is 0.206 e. The second-order valence-electron chi connectivity index (χ2n) is 9.30. The molecule has 0 N–H and O–H groups in total. The number of ether oxygens (including phenoxy) is 1. The minimum Gasteiger partial charge on any atom is -0.497 e. The van der Waals surface area contributed by atoms with Crippen LogP contribution in [0.3, 0.4) is 0 Å². The summed E-state index contributed by atoms with van der Waals surface area (Å²) in [6.45, 7) is 7.88. The van der Waals surface area contributed by atoms with Crippen LogP contribution in [-0.4, -0.2) is 57.0 Å². The van der Waals surface area contributed by atoms with Crippen LogP contribution in [0, 0.1) is 0 Å². The zero-order valence-electron chi connectivity index (χ0n) is 19.5. The summed E-state index contributed by atoms with van der Waals surface area (Å²) in [6.07, 6.45) is 6.86. The Balaban J connectivity index is 1.43. The molecule has 2 aromatic rings. The largest absolute Gasteiger partial charge is 0.497 e. The fourth-order valence-electron chi connectivity index (χ4n) is 5.36. The first-order chi connectivity index (χ1) is 15.4. The number of nitrogens with zero attached hydrogens (tertiary/aromatic N) is 2. The average Bonchev–Trinajstić information content (AvgIpc) is 2.84. The number of rotatable bonds is 6. The molecule has 1 aliphatic carbocycles. The Kier molecular flexibility index (Phi) is 7.23. The lowest BCUT2D eigenvalue weighted by Gasteiger charge is -2.46. The summed E-state index contributed by atoms with van der Waals surface area (Å²) in [4.78, 5) is 5.88. The minimum atomic E-state index is -3.54. The lowest BCUT2D eigenvalue weighted by atomic mass is 9.93. The van der Waals surface area contributed by atoms with Crippen molar-refractivity contribution in [1.29, 1.82) is 0 Å². The Morgan fingerprint density at radius 2 is 1.50 bits per heavy atom. The van der Waals surface area contributed by atoms with Gasteiger partial charge in [-0.1, -0.05) is 31.4 Å². The van der Waals surface area contributed by atoms with E-state index in [1.165, 1.54) is 32.1 Å². The van der Waals surface area contributed by atoms with E-state index in [-0.39, 0.29) is 10.9 Å². The molecule has 2 aromatic carbocycles. The van der Waals surface area contributed by atoms with E-state index in [2.05, 4.69) is 23.6 Å². The highest BCUT2D eigenvalue weighted by Gasteiger charge is 2.31. The van der Waals surface area contributed by atoms with Crippen molar-refractivity contribution in [3.8, 4) is 5.75 Å². The third-order valence-electron chi connectivity index (χ3n) is 7.34. The van der Waals surface area contributed by atoms with E-state index >= 15 is 0 Å². The lowest BCUT2D eigenvalue weighted by Crippen LogP contribution is -2.55. The molecule has 0 spiro atoms. The van der Waals surface area contributed by atoms with Gasteiger partial charge in [0.05, 0.1) is 16.9 Å². The van der Waals surface area contributed by atoms with Gasteiger partial charge in [-0.25, -0.2) is 8.42 Å². The molecule has 32 heavy (non-hydrogen) atoms. The van der Waals surface area contributed by atoms with Crippen molar-refractivity contribution >= 4 is 9.84 Å². The molecule has 174 valence electrons. The molecule has 1 saturated carbocycles. The molecule has 1 heterocycles. The number of benzene rings is 2. The predicted octanol–water partition coefficient (Wildman–Crippen LogP) is 4.93. The third kappa shape index (κ3) is 4.87. The molecule has 6 heteroatoms. The van der Waals surface area contributed by atoms with Gasteiger partial charge in [-0.05, 0) is 68.7 Å². The van der Waals surface area contributed by atoms with Crippen molar-refractivity contribution in [1.82, 2.24) is 9.80 Å². The maximum absolute atomic E-state index is 13.0. The van der Waals surface area contributed by atoms with E-state index in [1.54, 1.807) is 43.5 Å². The Bertz CT molecular complexity index is 983. The molecule has 1 saturated heterocycles. The van der Waals surface area contributed by atoms with Crippen LogP contribution in [0.5, 0.6) is 5.75 Å². The average molecular weight is 457 g/mol. The molecule has 0 aromatic heterocycles. The van der Waals surface area contributed by atoms with Gasteiger partial charge in [0.25, 0.3) is 0 Å². The molecule has 1 aliphatic heterocycles. The standard InChI is InChI=1S/C26H36N2O3S/c1-20-19-27(23-7-5-4-6-8-23)17-18-28(20)21(2)22-9-13-25(14-10-22)32(29,30)26-15-11-24(31-3)12-16-26/h9-16,20-21,23H,4-8,17-19H2,1-3H3. The quantitative estimate of drug-likeness (QED) is 0.617. The van der Waals surface area contributed by atoms with Gasteiger partial charge in [0, 0.05) is 37.8 Å². The first-order valence-corrected chi connectivity index (χ1v) is 13.4. The van der Waals surface area contributed by atoms with Crippen LogP contribution in [0.4, 0.5) is 0 Å². The summed E-state index contributed by atoms with van der Waals surface area (Å²) < 4.78 is 31.1. The zero-order chi connectivity index (χ0) is 22.7. The topological polar surface area (TPSA) is 49.9 Å². The molecular formula is C26H36N2O3S. The van der Waals surface area contributed by atoms with Gasteiger partial charge in [-0.2, -0.15) is 0 Å². The molecule has 0 radical (unpaired) electrons. The van der Waals surface area contributed by atoms with Crippen LogP contribution in [0.1, 0.15) is 57.6 Å². The van der Waals surface area contributed by atoms with Crippen LogP contribution in [0.25, 0.3) is 0 Å². The number of hydrogen-bond donors (Lipinski definition) is 0. The van der Waals surface area contributed by atoms with E-state index in [4.69, 9.17) is 4.74 Å². The maximum atomic E-state index is 13.0. The molecular weight excluding hydrogens is 420 g/mol. The van der Waals surface area contributed by atoms with E-state index in [0.29, 0.717) is 16.7 Å². The van der Waals surface area contributed by atoms with Crippen LogP contribution >= 0.6 is 0 Å². The number of methoxy groups -OCH3 is 1. The van der Waals surface area contributed by atoms with Crippen molar-refractivity contribution in [2.75, 3.05) is 26.7 Å². The zero-order valence-corrected chi connectivity index (χ0v) is 20.4. The van der Waals surface area contributed by atoms with E-state index in [9.17, 15) is 8.42 Å². The van der Waals surface area contributed by atoms with Gasteiger partial charge in [0.2, 0.25) is 9.84 Å². The second-order valence-corrected chi connectivity index (χ2v) is 11.2.